The quantitative estimate of drug-likeness (QED) is 0.385. The zero-order chi connectivity index (χ0) is 18.5. The Morgan fingerprint density at radius 3 is 2.04 bits per heavy atom. The number of unbranched alkanes of at least 4 members (excludes halogenated alkanes) is 6. The molecule has 2 nitrogen and oxygen atoms in total. The van der Waals surface area contributed by atoms with E-state index in [0.717, 1.165) is 37.1 Å². The predicted octanol–water partition coefficient (Wildman–Crippen LogP) is 6.86. The van der Waals surface area contributed by atoms with Crippen molar-refractivity contribution in [3.8, 4) is 0 Å². The molecule has 0 saturated heterocycles. The lowest BCUT2D eigenvalue weighted by Gasteiger charge is -2.11. The van der Waals surface area contributed by atoms with Crippen LogP contribution in [0.4, 0.5) is 11.4 Å². The second-order valence-electron chi connectivity index (χ2n) is 7.29. The first-order chi connectivity index (χ1) is 12.8. The van der Waals surface area contributed by atoms with E-state index < -0.39 is 0 Å². The van der Waals surface area contributed by atoms with Crippen LogP contribution in [-0.2, 0) is 6.42 Å². The average molecular weight is 354 g/mol. The van der Waals surface area contributed by atoms with E-state index >= 15 is 0 Å². The Hall–Kier alpha value is -1.80. The van der Waals surface area contributed by atoms with Crippen LogP contribution in [0.2, 0.25) is 0 Å². The van der Waals surface area contributed by atoms with E-state index in [1.54, 1.807) is 0 Å². The lowest BCUT2D eigenvalue weighted by Crippen LogP contribution is -2.07. The molecule has 0 amide bonds. The molecule has 0 bridgehead atoms. The maximum atomic E-state index is 10.2. The van der Waals surface area contributed by atoms with E-state index in [-0.39, 0.29) is 6.10 Å². The van der Waals surface area contributed by atoms with Crippen molar-refractivity contribution >= 4 is 11.4 Å². The maximum absolute atomic E-state index is 10.2. The molecule has 142 valence electrons. The third kappa shape index (κ3) is 8.53. The Kier molecular flexibility index (Phi) is 9.89. The summed E-state index contributed by atoms with van der Waals surface area (Å²) in [5.41, 5.74) is 3.50. The Morgan fingerprint density at radius 2 is 1.35 bits per heavy atom. The lowest BCUT2D eigenvalue weighted by atomic mass is 10.0. The highest BCUT2D eigenvalue weighted by Crippen LogP contribution is 2.18. The van der Waals surface area contributed by atoms with E-state index in [2.05, 4.69) is 48.6 Å². The van der Waals surface area contributed by atoms with E-state index in [9.17, 15) is 5.11 Å². The van der Waals surface area contributed by atoms with E-state index in [1.807, 2.05) is 18.2 Å². The number of anilines is 2. The van der Waals surface area contributed by atoms with Crippen LogP contribution in [-0.4, -0.2) is 11.2 Å². The Morgan fingerprint density at radius 1 is 0.731 bits per heavy atom. The highest BCUT2D eigenvalue weighted by molar-refractivity contribution is 5.59. The zero-order valence-corrected chi connectivity index (χ0v) is 16.3. The number of aliphatic hydroxyl groups excluding tert-OH is 1. The molecule has 1 atom stereocenters. The van der Waals surface area contributed by atoms with Crippen molar-refractivity contribution in [2.24, 2.45) is 0 Å². The second-order valence-corrected chi connectivity index (χ2v) is 7.29. The minimum Gasteiger partial charge on any atom is -0.393 e. The van der Waals surface area contributed by atoms with Crippen molar-refractivity contribution in [2.45, 2.75) is 77.2 Å². The third-order valence-corrected chi connectivity index (χ3v) is 4.92. The smallest absolute Gasteiger partial charge is 0.0543 e. The first-order valence-electron chi connectivity index (χ1n) is 10.4. The van der Waals surface area contributed by atoms with E-state index in [4.69, 9.17) is 0 Å². The highest BCUT2D eigenvalue weighted by Gasteiger charge is 2.05. The summed E-state index contributed by atoms with van der Waals surface area (Å²) < 4.78 is 0. The van der Waals surface area contributed by atoms with Crippen LogP contribution < -0.4 is 5.32 Å². The zero-order valence-electron chi connectivity index (χ0n) is 16.3. The number of benzene rings is 2. The maximum Gasteiger partial charge on any atom is 0.0543 e. The third-order valence-electron chi connectivity index (χ3n) is 4.92. The van der Waals surface area contributed by atoms with Gasteiger partial charge in [0, 0.05) is 11.4 Å². The standard InChI is InChI=1S/C24H35NO/c1-2-3-4-5-6-7-11-14-24(26)20-17-21-15-18-23(19-16-21)25-22-12-9-8-10-13-22/h8-10,12-13,15-16,18-19,24-26H,2-7,11,14,17,20H2,1H3. The lowest BCUT2D eigenvalue weighted by molar-refractivity contribution is 0.151. The summed E-state index contributed by atoms with van der Waals surface area (Å²) in [6.45, 7) is 2.25. The van der Waals surface area contributed by atoms with Gasteiger partial charge >= 0.3 is 0 Å². The number of aryl methyl sites for hydroxylation is 1. The van der Waals surface area contributed by atoms with Gasteiger partial charge in [-0.15, -0.1) is 0 Å². The molecular formula is C24H35NO. The second kappa shape index (κ2) is 12.5. The molecule has 0 aromatic heterocycles. The van der Waals surface area contributed by atoms with Gasteiger partial charge in [-0.05, 0) is 49.1 Å². The molecule has 2 rings (SSSR count). The Labute approximate surface area is 159 Å². The first kappa shape index (κ1) is 20.5. The molecule has 2 aromatic rings. The summed E-state index contributed by atoms with van der Waals surface area (Å²) in [5, 5.41) is 13.6. The SMILES string of the molecule is CCCCCCCCCC(O)CCc1ccc(Nc2ccccc2)cc1. The first-order valence-corrected chi connectivity index (χ1v) is 10.4. The fraction of sp³-hybridized carbons (Fsp3) is 0.500. The number of rotatable bonds is 13. The van der Waals surface area contributed by atoms with Crippen LogP contribution in [0, 0.1) is 0 Å². The van der Waals surface area contributed by atoms with Crippen LogP contribution in [0.5, 0.6) is 0 Å². The fourth-order valence-electron chi connectivity index (χ4n) is 3.26. The van der Waals surface area contributed by atoms with Crippen molar-refractivity contribution < 1.29 is 5.11 Å². The van der Waals surface area contributed by atoms with Crippen molar-refractivity contribution in [3.05, 3.63) is 60.2 Å². The van der Waals surface area contributed by atoms with Gasteiger partial charge in [0.25, 0.3) is 0 Å². The summed E-state index contributed by atoms with van der Waals surface area (Å²) in [6, 6.07) is 18.8. The molecule has 0 aliphatic rings. The van der Waals surface area contributed by atoms with Gasteiger partial charge in [0.15, 0.2) is 0 Å². The largest absolute Gasteiger partial charge is 0.393 e. The summed E-state index contributed by atoms with van der Waals surface area (Å²) in [7, 11) is 0. The topological polar surface area (TPSA) is 32.3 Å². The number of hydrogen-bond donors (Lipinski definition) is 2. The average Bonchev–Trinajstić information content (AvgIpc) is 2.67. The van der Waals surface area contributed by atoms with Crippen LogP contribution in [0.15, 0.2) is 54.6 Å². The monoisotopic (exact) mass is 353 g/mol. The van der Waals surface area contributed by atoms with Gasteiger partial charge < -0.3 is 10.4 Å². The molecule has 0 saturated carbocycles. The molecule has 0 heterocycles. The van der Waals surface area contributed by atoms with E-state index in [1.165, 1.54) is 44.1 Å². The summed E-state index contributed by atoms with van der Waals surface area (Å²) in [4.78, 5) is 0. The molecule has 1 unspecified atom stereocenters. The molecular weight excluding hydrogens is 318 g/mol. The number of para-hydroxylation sites is 1. The number of aliphatic hydroxyl groups is 1. The van der Waals surface area contributed by atoms with Gasteiger partial charge in [-0.3, -0.25) is 0 Å². The molecule has 2 aromatic carbocycles. The molecule has 0 aliphatic heterocycles. The van der Waals surface area contributed by atoms with Gasteiger partial charge in [0.1, 0.15) is 0 Å². The Bertz CT molecular complexity index is 579. The summed E-state index contributed by atoms with van der Waals surface area (Å²) in [5.74, 6) is 0. The van der Waals surface area contributed by atoms with Crippen molar-refractivity contribution in [2.75, 3.05) is 5.32 Å². The van der Waals surface area contributed by atoms with Crippen molar-refractivity contribution in [3.63, 3.8) is 0 Å². The fourth-order valence-corrected chi connectivity index (χ4v) is 3.26. The van der Waals surface area contributed by atoms with Crippen molar-refractivity contribution in [1.82, 2.24) is 0 Å². The van der Waals surface area contributed by atoms with Gasteiger partial charge in [-0.1, -0.05) is 82.2 Å². The molecule has 2 heteroatoms. The molecule has 0 aliphatic carbocycles. The molecule has 0 radical (unpaired) electrons. The molecule has 26 heavy (non-hydrogen) atoms. The van der Waals surface area contributed by atoms with Crippen molar-refractivity contribution in [1.29, 1.82) is 0 Å². The van der Waals surface area contributed by atoms with E-state index in [0.29, 0.717) is 0 Å². The van der Waals surface area contributed by atoms with Crippen LogP contribution in [0.1, 0.15) is 70.3 Å². The molecule has 0 fully saturated rings. The number of hydrogen-bond acceptors (Lipinski definition) is 2. The Balaban J connectivity index is 1.60. The molecule has 0 spiro atoms. The predicted molar refractivity (Wildman–Crippen MR) is 113 cm³/mol. The van der Waals surface area contributed by atoms with Crippen LogP contribution >= 0.6 is 0 Å². The number of nitrogens with one attached hydrogen (secondary N) is 1. The highest BCUT2D eigenvalue weighted by atomic mass is 16.3. The van der Waals surface area contributed by atoms with Gasteiger partial charge in [-0.25, -0.2) is 0 Å². The minimum atomic E-state index is -0.159. The summed E-state index contributed by atoms with van der Waals surface area (Å²) in [6.07, 6.45) is 11.7. The summed E-state index contributed by atoms with van der Waals surface area (Å²) >= 11 is 0. The van der Waals surface area contributed by atoms with Gasteiger partial charge in [0.05, 0.1) is 6.10 Å². The van der Waals surface area contributed by atoms with Crippen LogP contribution in [0.3, 0.4) is 0 Å². The van der Waals surface area contributed by atoms with Crippen LogP contribution in [0.25, 0.3) is 0 Å². The van der Waals surface area contributed by atoms with Gasteiger partial charge in [0.2, 0.25) is 0 Å². The normalized spacial score (nSPS) is 12.1. The van der Waals surface area contributed by atoms with Gasteiger partial charge in [-0.2, -0.15) is 0 Å². The molecule has 2 N–H and O–H groups in total. The minimum absolute atomic E-state index is 0.159.